The third-order valence-corrected chi connectivity index (χ3v) is 5.17. The zero-order valence-corrected chi connectivity index (χ0v) is 15.1. The number of ether oxygens (including phenoxy) is 2. The van der Waals surface area contributed by atoms with E-state index in [1.54, 1.807) is 26.5 Å². The largest absolute Gasteiger partial charge is 0.506 e. The minimum Gasteiger partial charge on any atom is -0.506 e. The van der Waals surface area contributed by atoms with Gasteiger partial charge < -0.3 is 19.5 Å². The minimum absolute atomic E-state index is 0.236. The van der Waals surface area contributed by atoms with E-state index < -0.39 is 0 Å². The molecule has 0 saturated carbocycles. The Morgan fingerprint density at radius 2 is 1.85 bits per heavy atom. The highest BCUT2D eigenvalue weighted by Crippen LogP contribution is 2.31. The van der Waals surface area contributed by atoms with Crippen LogP contribution < -0.4 is 14.4 Å². The Balaban J connectivity index is 1.61. The van der Waals surface area contributed by atoms with Crippen molar-refractivity contribution in [1.82, 2.24) is 4.98 Å². The molecule has 1 aromatic heterocycles. The van der Waals surface area contributed by atoms with Crippen molar-refractivity contribution in [3.8, 4) is 17.2 Å². The Morgan fingerprint density at radius 3 is 2.62 bits per heavy atom. The third kappa shape index (κ3) is 2.95. The van der Waals surface area contributed by atoms with E-state index in [0.717, 1.165) is 42.9 Å². The molecule has 2 aromatic carbocycles. The molecule has 3 aromatic rings. The number of phenolic OH excluding ortho intramolecular Hbond substituents is 1. The molecule has 0 bridgehead atoms. The first-order valence-corrected chi connectivity index (χ1v) is 8.82. The van der Waals surface area contributed by atoms with Crippen molar-refractivity contribution in [3.05, 3.63) is 59.3 Å². The maximum atomic E-state index is 10.0. The van der Waals surface area contributed by atoms with Crippen LogP contribution in [-0.2, 0) is 19.5 Å². The molecule has 0 aliphatic carbocycles. The van der Waals surface area contributed by atoms with Crippen LogP contribution in [0.3, 0.4) is 0 Å². The molecule has 0 amide bonds. The SMILES string of the molecule is COc1cc2c(cc1OC)C[NH+](Cc1ccc(O)c3ncccc13)CC2. The van der Waals surface area contributed by atoms with Crippen LogP contribution in [0.25, 0.3) is 10.9 Å². The number of hydrogen-bond donors (Lipinski definition) is 2. The van der Waals surface area contributed by atoms with Gasteiger partial charge in [0, 0.05) is 29.1 Å². The lowest BCUT2D eigenvalue weighted by Gasteiger charge is -2.27. The summed E-state index contributed by atoms with van der Waals surface area (Å²) in [6, 6.07) is 11.9. The zero-order chi connectivity index (χ0) is 18.1. The highest BCUT2D eigenvalue weighted by molar-refractivity contribution is 5.86. The topological polar surface area (TPSA) is 56.0 Å². The average molecular weight is 351 g/mol. The van der Waals surface area contributed by atoms with Crippen molar-refractivity contribution in [2.75, 3.05) is 20.8 Å². The summed E-state index contributed by atoms with van der Waals surface area (Å²) in [5.74, 6) is 1.82. The van der Waals surface area contributed by atoms with Crippen LogP contribution >= 0.6 is 0 Å². The molecular weight excluding hydrogens is 328 g/mol. The fourth-order valence-corrected chi connectivity index (χ4v) is 3.82. The molecule has 1 aliphatic rings. The van der Waals surface area contributed by atoms with E-state index in [-0.39, 0.29) is 5.75 Å². The summed E-state index contributed by atoms with van der Waals surface area (Å²) in [6.07, 6.45) is 2.73. The fourth-order valence-electron chi connectivity index (χ4n) is 3.82. The summed E-state index contributed by atoms with van der Waals surface area (Å²) >= 11 is 0. The van der Waals surface area contributed by atoms with Gasteiger partial charge in [0.15, 0.2) is 11.5 Å². The molecule has 0 saturated heterocycles. The molecule has 1 atom stereocenters. The number of nitrogens with one attached hydrogen (secondary N) is 1. The predicted molar refractivity (Wildman–Crippen MR) is 99.9 cm³/mol. The van der Waals surface area contributed by atoms with Crippen LogP contribution in [0.1, 0.15) is 16.7 Å². The number of pyridine rings is 1. The molecule has 1 aliphatic heterocycles. The highest BCUT2D eigenvalue weighted by Gasteiger charge is 2.23. The van der Waals surface area contributed by atoms with Crippen molar-refractivity contribution >= 4 is 10.9 Å². The van der Waals surface area contributed by atoms with Crippen LogP contribution in [0, 0.1) is 0 Å². The molecule has 0 spiro atoms. The number of hydrogen-bond acceptors (Lipinski definition) is 4. The van der Waals surface area contributed by atoms with Gasteiger partial charge in [0.1, 0.15) is 24.4 Å². The monoisotopic (exact) mass is 351 g/mol. The van der Waals surface area contributed by atoms with Gasteiger partial charge in [-0.15, -0.1) is 0 Å². The van der Waals surface area contributed by atoms with Gasteiger partial charge in [-0.1, -0.05) is 6.07 Å². The number of aromatic hydroxyl groups is 1. The molecule has 4 rings (SSSR count). The number of quaternary nitrogens is 1. The van der Waals surface area contributed by atoms with Crippen molar-refractivity contribution in [1.29, 1.82) is 0 Å². The maximum absolute atomic E-state index is 10.0. The Labute approximate surface area is 152 Å². The Bertz CT molecular complexity index is 955. The molecule has 1 unspecified atom stereocenters. The van der Waals surface area contributed by atoms with Crippen molar-refractivity contribution in [2.45, 2.75) is 19.5 Å². The quantitative estimate of drug-likeness (QED) is 0.756. The third-order valence-electron chi connectivity index (χ3n) is 5.17. The van der Waals surface area contributed by atoms with Gasteiger partial charge in [-0.25, -0.2) is 0 Å². The van der Waals surface area contributed by atoms with Crippen LogP contribution in [0.4, 0.5) is 0 Å². The second-order valence-electron chi connectivity index (χ2n) is 6.72. The van der Waals surface area contributed by atoms with Gasteiger partial charge in [-0.2, -0.15) is 0 Å². The molecule has 5 heteroatoms. The maximum Gasteiger partial charge on any atom is 0.161 e. The first kappa shape index (κ1) is 16.7. The Hall–Kier alpha value is -2.79. The molecule has 2 heterocycles. The number of aromatic nitrogens is 1. The van der Waals surface area contributed by atoms with Gasteiger partial charge in [0.25, 0.3) is 0 Å². The van der Waals surface area contributed by atoms with E-state index in [9.17, 15) is 5.11 Å². The molecular formula is C21H23N2O3+. The second-order valence-corrected chi connectivity index (χ2v) is 6.72. The summed E-state index contributed by atoms with van der Waals surface area (Å²) in [4.78, 5) is 5.81. The lowest BCUT2D eigenvalue weighted by atomic mass is 9.98. The lowest BCUT2D eigenvalue weighted by Crippen LogP contribution is -3.10. The summed E-state index contributed by atoms with van der Waals surface area (Å²) in [5, 5.41) is 11.1. The fraction of sp³-hybridized carbons (Fsp3) is 0.286. The average Bonchev–Trinajstić information content (AvgIpc) is 2.69. The zero-order valence-electron chi connectivity index (χ0n) is 15.1. The van der Waals surface area contributed by atoms with Gasteiger partial charge in [0.05, 0.1) is 20.8 Å². The summed E-state index contributed by atoms with van der Waals surface area (Å²) in [5.41, 5.74) is 4.53. The number of rotatable bonds is 4. The predicted octanol–water partition coefficient (Wildman–Crippen LogP) is 2.10. The standard InChI is InChI=1S/C21H22N2O3/c1-25-19-10-14-7-9-23(13-16(14)11-20(19)26-2)12-15-5-6-18(24)21-17(15)4-3-8-22-21/h3-6,8,10-11,24H,7,9,12-13H2,1-2H3/p+1. The van der Waals surface area contributed by atoms with Gasteiger partial charge in [0.2, 0.25) is 0 Å². The van der Waals surface area contributed by atoms with Crippen molar-refractivity contribution in [3.63, 3.8) is 0 Å². The lowest BCUT2D eigenvalue weighted by molar-refractivity contribution is -0.929. The number of fused-ring (bicyclic) bond motifs is 2. The summed E-state index contributed by atoms with van der Waals surface area (Å²) in [6.45, 7) is 2.90. The number of methoxy groups -OCH3 is 2. The molecule has 2 N–H and O–H groups in total. The van der Waals surface area contributed by atoms with Gasteiger partial charge in [-0.05, 0) is 35.9 Å². The smallest absolute Gasteiger partial charge is 0.161 e. The molecule has 5 nitrogen and oxygen atoms in total. The number of benzene rings is 2. The molecule has 0 radical (unpaired) electrons. The van der Waals surface area contributed by atoms with E-state index in [2.05, 4.69) is 17.1 Å². The van der Waals surface area contributed by atoms with Crippen molar-refractivity contribution < 1.29 is 19.5 Å². The first-order chi connectivity index (χ1) is 12.7. The van der Waals surface area contributed by atoms with Crippen molar-refractivity contribution in [2.24, 2.45) is 0 Å². The van der Waals surface area contributed by atoms with E-state index in [0.29, 0.717) is 5.52 Å². The van der Waals surface area contributed by atoms with Crippen LogP contribution in [-0.4, -0.2) is 30.9 Å². The first-order valence-electron chi connectivity index (χ1n) is 8.82. The van der Waals surface area contributed by atoms with E-state index in [4.69, 9.17) is 9.47 Å². The molecule has 134 valence electrons. The number of phenols is 1. The van der Waals surface area contributed by atoms with Crippen LogP contribution in [0.5, 0.6) is 17.2 Å². The van der Waals surface area contributed by atoms with Crippen LogP contribution in [0.15, 0.2) is 42.6 Å². The number of nitrogens with zero attached hydrogens (tertiary/aromatic N) is 1. The normalized spacial score (nSPS) is 16.3. The molecule has 26 heavy (non-hydrogen) atoms. The van der Waals surface area contributed by atoms with E-state index in [1.807, 2.05) is 18.2 Å². The Kier molecular flexibility index (Phi) is 4.39. The summed E-state index contributed by atoms with van der Waals surface area (Å²) in [7, 11) is 3.35. The Morgan fingerprint density at radius 1 is 1.08 bits per heavy atom. The highest BCUT2D eigenvalue weighted by atomic mass is 16.5. The van der Waals surface area contributed by atoms with E-state index in [1.165, 1.54) is 21.6 Å². The molecule has 0 fully saturated rings. The minimum atomic E-state index is 0.236. The summed E-state index contributed by atoms with van der Waals surface area (Å²) < 4.78 is 10.9. The van der Waals surface area contributed by atoms with Gasteiger partial charge in [-0.3, -0.25) is 4.98 Å². The van der Waals surface area contributed by atoms with Crippen LogP contribution in [0.2, 0.25) is 0 Å². The van der Waals surface area contributed by atoms with Gasteiger partial charge >= 0.3 is 0 Å². The second kappa shape index (κ2) is 6.84. The van der Waals surface area contributed by atoms with E-state index >= 15 is 0 Å².